The van der Waals surface area contributed by atoms with Gasteiger partial charge in [0.15, 0.2) is 0 Å². The van der Waals surface area contributed by atoms with Gasteiger partial charge in [-0.2, -0.15) is 12.7 Å². The molecule has 0 heterocycles. The molecule has 0 saturated heterocycles. The molecule has 0 atom stereocenters. The summed E-state index contributed by atoms with van der Waals surface area (Å²) in [5.41, 5.74) is 0.852. The predicted octanol–water partition coefficient (Wildman–Crippen LogP) is 0.169. The van der Waals surface area contributed by atoms with E-state index in [-0.39, 0.29) is 6.54 Å². The van der Waals surface area contributed by atoms with Gasteiger partial charge in [-0.1, -0.05) is 30.3 Å². The van der Waals surface area contributed by atoms with Gasteiger partial charge in [-0.3, -0.25) is 5.84 Å². The Hall–Kier alpha value is -0.950. The third kappa shape index (κ3) is 3.00. The average Bonchev–Trinajstić information content (AvgIpc) is 2.18. The van der Waals surface area contributed by atoms with Gasteiger partial charge in [0.2, 0.25) is 0 Å². The summed E-state index contributed by atoms with van der Waals surface area (Å²) in [6.07, 6.45) is 0. The first kappa shape index (κ1) is 12.1. The third-order valence-electron chi connectivity index (χ3n) is 1.94. The van der Waals surface area contributed by atoms with Crippen molar-refractivity contribution in [3.8, 4) is 0 Å². The van der Waals surface area contributed by atoms with E-state index in [1.54, 1.807) is 0 Å². The van der Waals surface area contributed by atoms with E-state index in [0.29, 0.717) is 0 Å². The molecule has 1 aromatic carbocycles. The van der Waals surface area contributed by atoms with Gasteiger partial charge in [0.1, 0.15) is 0 Å². The Morgan fingerprint density at radius 2 is 1.73 bits per heavy atom. The second-order valence-electron chi connectivity index (χ2n) is 3.32. The maximum absolute atomic E-state index is 11.6. The average molecular weight is 229 g/mol. The predicted molar refractivity (Wildman–Crippen MR) is 58.8 cm³/mol. The molecular weight excluding hydrogens is 214 g/mol. The van der Waals surface area contributed by atoms with Gasteiger partial charge in [0.05, 0.1) is 6.54 Å². The van der Waals surface area contributed by atoms with Crippen molar-refractivity contribution >= 4 is 10.2 Å². The fourth-order valence-electron chi connectivity index (χ4n) is 1.05. The highest BCUT2D eigenvalue weighted by atomic mass is 32.2. The molecule has 0 saturated carbocycles. The minimum absolute atomic E-state index is 0.168. The summed E-state index contributed by atoms with van der Waals surface area (Å²) in [6.45, 7) is 0.168. The lowest BCUT2D eigenvalue weighted by Gasteiger charge is -2.20. The summed E-state index contributed by atoms with van der Waals surface area (Å²) in [7, 11) is -0.641. The Balaban J connectivity index is 2.77. The summed E-state index contributed by atoms with van der Waals surface area (Å²) in [6, 6.07) is 9.19. The number of nitrogens with zero attached hydrogens (tertiary/aromatic N) is 2. The molecule has 5 nitrogen and oxygen atoms in total. The first-order valence-corrected chi connectivity index (χ1v) is 5.83. The zero-order valence-corrected chi connectivity index (χ0v) is 9.61. The third-order valence-corrected chi connectivity index (χ3v) is 3.58. The zero-order valence-electron chi connectivity index (χ0n) is 8.79. The summed E-state index contributed by atoms with van der Waals surface area (Å²) in [5, 5.41) is 0. The maximum Gasteiger partial charge on any atom is 0.294 e. The molecule has 0 unspecified atom stereocenters. The van der Waals surface area contributed by atoms with E-state index in [1.165, 1.54) is 14.1 Å². The van der Waals surface area contributed by atoms with E-state index in [2.05, 4.69) is 0 Å². The fourth-order valence-corrected chi connectivity index (χ4v) is 1.79. The van der Waals surface area contributed by atoms with Crippen molar-refractivity contribution in [2.45, 2.75) is 6.54 Å². The molecule has 0 aromatic heterocycles. The lowest BCUT2D eigenvalue weighted by atomic mass is 10.2. The van der Waals surface area contributed by atoms with Crippen molar-refractivity contribution in [1.82, 2.24) is 8.72 Å². The Labute approximate surface area is 90.3 Å². The second kappa shape index (κ2) is 4.71. The lowest BCUT2D eigenvalue weighted by molar-refractivity contribution is 0.380. The normalized spacial score (nSPS) is 12.3. The topological polar surface area (TPSA) is 66.6 Å². The van der Waals surface area contributed by atoms with Crippen molar-refractivity contribution in [2.24, 2.45) is 5.84 Å². The highest BCUT2D eigenvalue weighted by Crippen LogP contribution is 2.06. The Morgan fingerprint density at radius 3 is 2.20 bits per heavy atom. The van der Waals surface area contributed by atoms with Crippen molar-refractivity contribution in [2.75, 3.05) is 14.1 Å². The van der Waals surface area contributed by atoms with Crippen LogP contribution in [0.5, 0.6) is 0 Å². The molecule has 0 bridgehead atoms. The SMILES string of the molecule is CN(C)S(=O)(=O)N(N)Cc1ccccc1. The van der Waals surface area contributed by atoms with Crippen LogP contribution in [0.1, 0.15) is 5.56 Å². The number of hydrogen-bond donors (Lipinski definition) is 1. The van der Waals surface area contributed by atoms with Crippen LogP contribution in [0.3, 0.4) is 0 Å². The van der Waals surface area contributed by atoms with Crippen molar-refractivity contribution in [3.63, 3.8) is 0 Å². The van der Waals surface area contributed by atoms with E-state index in [1.807, 2.05) is 30.3 Å². The molecule has 1 rings (SSSR count). The van der Waals surface area contributed by atoms with Crippen LogP contribution in [0.2, 0.25) is 0 Å². The number of benzene rings is 1. The molecule has 84 valence electrons. The second-order valence-corrected chi connectivity index (χ2v) is 5.42. The molecule has 1 aromatic rings. The van der Waals surface area contributed by atoms with Crippen LogP contribution in [0.15, 0.2) is 30.3 Å². The molecule has 0 fully saturated rings. The number of rotatable bonds is 4. The monoisotopic (exact) mass is 229 g/mol. The van der Waals surface area contributed by atoms with Crippen molar-refractivity contribution in [3.05, 3.63) is 35.9 Å². The standard InChI is InChI=1S/C9H15N3O2S/c1-11(2)15(13,14)12(10)8-9-6-4-3-5-7-9/h3-7H,8,10H2,1-2H3. The van der Waals surface area contributed by atoms with Gasteiger partial charge in [0.25, 0.3) is 10.2 Å². The van der Waals surface area contributed by atoms with E-state index < -0.39 is 10.2 Å². The summed E-state index contributed by atoms with van der Waals surface area (Å²) < 4.78 is 25.0. The minimum atomic E-state index is -3.53. The molecule has 2 N–H and O–H groups in total. The van der Waals surface area contributed by atoms with E-state index in [9.17, 15) is 8.42 Å². The van der Waals surface area contributed by atoms with Crippen LogP contribution >= 0.6 is 0 Å². The first-order valence-electron chi connectivity index (χ1n) is 4.43. The first-order chi connectivity index (χ1) is 6.94. The van der Waals surface area contributed by atoms with Gasteiger partial charge < -0.3 is 0 Å². The summed E-state index contributed by atoms with van der Waals surface area (Å²) >= 11 is 0. The highest BCUT2D eigenvalue weighted by Gasteiger charge is 2.20. The lowest BCUT2D eigenvalue weighted by Crippen LogP contribution is -2.43. The number of hydrogen-bond acceptors (Lipinski definition) is 3. The highest BCUT2D eigenvalue weighted by molar-refractivity contribution is 7.86. The fraction of sp³-hybridized carbons (Fsp3) is 0.333. The van der Waals surface area contributed by atoms with Crippen molar-refractivity contribution in [1.29, 1.82) is 0 Å². The smallest absolute Gasteiger partial charge is 0.254 e. The van der Waals surface area contributed by atoms with Gasteiger partial charge in [0, 0.05) is 14.1 Å². The van der Waals surface area contributed by atoms with Crippen LogP contribution in [-0.4, -0.2) is 31.2 Å². The van der Waals surface area contributed by atoms with Gasteiger partial charge >= 0.3 is 0 Å². The Bertz CT molecular complexity index is 403. The van der Waals surface area contributed by atoms with E-state index >= 15 is 0 Å². The molecule has 0 radical (unpaired) electrons. The maximum atomic E-state index is 11.6. The molecule has 0 aliphatic rings. The largest absolute Gasteiger partial charge is 0.294 e. The van der Waals surface area contributed by atoms with Crippen LogP contribution in [0.4, 0.5) is 0 Å². The Morgan fingerprint density at radius 1 is 1.20 bits per heavy atom. The molecule has 0 aliphatic carbocycles. The molecule has 0 spiro atoms. The molecule has 6 heteroatoms. The van der Waals surface area contributed by atoms with Crippen molar-refractivity contribution < 1.29 is 8.42 Å². The summed E-state index contributed by atoms with van der Waals surface area (Å²) in [4.78, 5) is 0. The van der Waals surface area contributed by atoms with Crippen LogP contribution in [-0.2, 0) is 16.8 Å². The van der Waals surface area contributed by atoms with Crippen LogP contribution < -0.4 is 5.84 Å². The van der Waals surface area contributed by atoms with Gasteiger partial charge in [-0.05, 0) is 5.56 Å². The Kier molecular flexibility index (Phi) is 3.81. The molecular formula is C9H15N3O2S. The number of nitrogens with two attached hydrogens (primary N) is 1. The minimum Gasteiger partial charge on any atom is -0.254 e. The van der Waals surface area contributed by atoms with Crippen LogP contribution in [0, 0.1) is 0 Å². The van der Waals surface area contributed by atoms with Gasteiger partial charge in [-0.15, -0.1) is 4.41 Å². The van der Waals surface area contributed by atoms with Crippen LogP contribution in [0.25, 0.3) is 0 Å². The zero-order chi connectivity index (χ0) is 11.5. The quantitative estimate of drug-likeness (QED) is 0.591. The van der Waals surface area contributed by atoms with E-state index in [4.69, 9.17) is 5.84 Å². The molecule has 0 amide bonds. The molecule has 15 heavy (non-hydrogen) atoms. The van der Waals surface area contributed by atoms with E-state index in [0.717, 1.165) is 14.3 Å². The van der Waals surface area contributed by atoms with Gasteiger partial charge in [-0.25, -0.2) is 0 Å². The summed E-state index contributed by atoms with van der Waals surface area (Å²) in [5.74, 6) is 5.49. The number of hydrazine groups is 1. The molecule has 0 aliphatic heterocycles.